The van der Waals surface area contributed by atoms with Gasteiger partial charge in [-0.05, 0) is 43.9 Å². The minimum atomic E-state index is -1.36. The molecule has 0 spiro atoms. The van der Waals surface area contributed by atoms with Crippen molar-refractivity contribution in [1.29, 1.82) is 0 Å². The number of fused-ring (bicyclic) bond motifs is 4. The molecule has 0 aliphatic heterocycles. The predicted molar refractivity (Wildman–Crippen MR) is 105 cm³/mol. The van der Waals surface area contributed by atoms with Crippen LogP contribution < -0.4 is 5.32 Å². The molecular weight excluding hydrogens is 498 g/mol. The van der Waals surface area contributed by atoms with E-state index in [1.54, 1.807) is 23.0 Å². The van der Waals surface area contributed by atoms with Crippen LogP contribution in [0, 0.1) is 16.6 Å². The molecule has 2 heterocycles. The molecule has 5 rings (SSSR count). The number of carboxylic acid groups (broad SMARTS) is 1. The van der Waals surface area contributed by atoms with Crippen LogP contribution in [0.25, 0.3) is 5.65 Å². The van der Waals surface area contributed by atoms with Crippen molar-refractivity contribution in [3.63, 3.8) is 0 Å². The van der Waals surface area contributed by atoms with E-state index >= 15 is 0 Å². The van der Waals surface area contributed by atoms with Gasteiger partial charge in [0, 0.05) is 12.6 Å². The van der Waals surface area contributed by atoms with Crippen molar-refractivity contribution >= 4 is 46.5 Å². The second-order valence-corrected chi connectivity index (χ2v) is 8.33. The number of nitrogens with one attached hydrogen (secondary N) is 1. The number of nitrogens with zero attached hydrogens (tertiary/aromatic N) is 3. The summed E-state index contributed by atoms with van der Waals surface area (Å²) in [5.41, 5.74) is -1.36. The number of rotatable bonds is 5. The highest BCUT2D eigenvalue weighted by molar-refractivity contribution is 14.1. The zero-order chi connectivity index (χ0) is 20.8. The number of hydrogen-bond donors (Lipinski definition) is 2. The number of carbonyl (C=O) groups excluding carboxylic acids is 2. The highest BCUT2D eigenvalue weighted by Gasteiger charge is 2.53. The summed E-state index contributed by atoms with van der Waals surface area (Å²) in [6.45, 7) is 0.386. The fraction of sp³-hybridized carbons (Fsp3) is 0.500. The van der Waals surface area contributed by atoms with Crippen molar-refractivity contribution in [2.45, 2.75) is 38.5 Å². The van der Waals surface area contributed by atoms with Gasteiger partial charge in [0.05, 0.1) is 11.6 Å². The molecule has 3 aliphatic rings. The van der Waals surface area contributed by atoms with Crippen molar-refractivity contribution in [3.05, 3.63) is 29.5 Å². The topological polar surface area (TPSA) is 123 Å². The molecule has 0 unspecified atom stereocenters. The van der Waals surface area contributed by atoms with Crippen LogP contribution >= 0.6 is 23.0 Å². The lowest BCUT2D eigenvalue weighted by molar-refractivity contribution is -0.152. The van der Waals surface area contributed by atoms with Crippen LogP contribution in [0.1, 0.15) is 59.5 Å². The van der Waals surface area contributed by atoms with E-state index in [-0.39, 0.29) is 22.7 Å². The number of hydrogen-bond acceptors (Lipinski definition) is 6. The van der Waals surface area contributed by atoms with E-state index in [9.17, 15) is 23.9 Å². The molecule has 2 N–H and O–H groups in total. The fourth-order valence-electron chi connectivity index (χ4n) is 4.48. The Bertz CT molecular complexity index is 999. The summed E-state index contributed by atoms with van der Waals surface area (Å²) in [5.74, 6) is -2.89. The third-order valence-electron chi connectivity index (χ3n) is 6.41. The van der Waals surface area contributed by atoms with E-state index in [4.69, 9.17) is 3.07 Å². The lowest BCUT2D eigenvalue weighted by Crippen LogP contribution is -2.50. The Morgan fingerprint density at radius 1 is 1.24 bits per heavy atom. The second-order valence-electron chi connectivity index (χ2n) is 7.89. The molecule has 154 valence electrons. The van der Waals surface area contributed by atoms with Crippen molar-refractivity contribution < 1.29 is 26.9 Å². The summed E-state index contributed by atoms with van der Waals surface area (Å²) in [6.07, 6.45) is 5.43. The Balaban J connectivity index is 1.52. The standard InChI is InChI=1S/C18H18FIN4O5/c19-10-8-22-24-12(7-11(15(26)27)23-13(10)24)14(25)21-9-17-1-4-18(5-2-17,6-3-17)16(28)29-20/h7-8H,1-6,9H2,(H,21,25)(H,26,27). The average molecular weight is 516 g/mol. The zero-order valence-electron chi connectivity index (χ0n) is 15.3. The Morgan fingerprint density at radius 2 is 1.90 bits per heavy atom. The summed E-state index contributed by atoms with van der Waals surface area (Å²) in [7, 11) is 0. The maximum Gasteiger partial charge on any atom is 0.354 e. The second kappa shape index (κ2) is 7.18. The third kappa shape index (κ3) is 3.34. The van der Waals surface area contributed by atoms with Crippen molar-refractivity contribution in [1.82, 2.24) is 19.9 Å². The van der Waals surface area contributed by atoms with Crippen molar-refractivity contribution in [2.24, 2.45) is 10.8 Å². The summed E-state index contributed by atoms with van der Waals surface area (Å²) in [6, 6.07) is 1.08. The summed E-state index contributed by atoms with van der Waals surface area (Å²) in [5, 5.41) is 15.8. The Hall–Kier alpha value is -2.31. The van der Waals surface area contributed by atoms with Crippen LogP contribution in [0.4, 0.5) is 4.39 Å². The molecule has 3 saturated carbocycles. The van der Waals surface area contributed by atoms with Crippen LogP contribution in [0.3, 0.4) is 0 Å². The number of aromatic nitrogens is 3. The largest absolute Gasteiger partial charge is 0.477 e. The number of halogens is 2. The summed E-state index contributed by atoms with van der Waals surface area (Å²) < 4.78 is 19.8. The molecule has 2 bridgehead atoms. The molecular formula is C18H18FIN4O5. The normalized spacial score (nSPS) is 25.7. The van der Waals surface area contributed by atoms with Gasteiger partial charge in [0.15, 0.2) is 40.2 Å². The predicted octanol–water partition coefficient (Wildman–Crippen LogP) is 2.53. The van der Waals surface area contributed by atoms with Gasteiger partial charge < -0.3 is 13.5 Å². The average Bonchev–Trinajstić information content (AvgIpc) is 3.13. The first-order valence-corrected chi connectivity index (χ1v) is 10.1. The molecule has 2 aromatic heterocycles. The smallest absolute Gasteiger partial charge is 0.354 e. The van der Waals surface area contributed by atoms with Crippen LogP contribution in [0.5, 0.6) is 0 Å². The summed E-state index contributed by atoms with van der Waals surface area (Å²) in [4.78, 5) is 39.9. The maximum absolute atomic E-state index is 13.9. The molecule has 3 aliphatic carbocycles. The molecule has 0 aromatic carbocycles. The Morgan fingerprint density at radius 3 is 2.48 bits per heavy atom. The van der Waals surface area contributed by atoms with Gasteiger partial charge in [0.2, 0.25) is 0 Å². The fourth-order valence-corrected chi connectivity index (χ4v) is 4.95. The van der Waals surface area contributed by atoms with Crippen LogP contribution in [-0.4, -0.2) is 44.1 Å². The molecule has 29 heavy (non-hydrogen) atoms. The number of amides is 1. The number of aromatic carboxylic acids is 1. The summed E-state index contributed by atoms with van der Waals surface area (Å²) >= 11 is 1.63. The molecule has 0 atom stereocenters. The van der Waals surface area contributed by atoms with Crippen LogP contribution in [0.2, 0.25) is 0 Å². The van der Waals surface area contributed by atoms with Gasteiger partial charge in [-0.2, -0.15) is 5.10 Å². The van der Waals surface area contributed by atoms with E-state index in [1.165, 1.54) is 0 Å². The SMILES string of the molecule is O=C(O)c1cc(C(=O)NCC23CCC(C(=O)OI)(CC2)CC3)n2ncc(F)c2n1. The van der Waals surface area contributed by atoms with Crippen molar-refractivity contribution in [3.8, 4) is 0 Å². The van der Waals surface area contributed by atoms with Gasteiger partial charge in [-0.25, -0.2) is 18.7 Å². The minimum absolute atomic E-state index is 0.0952. The van der Waals surface area contributed by atoms with Gasteiger partial charge in [-0.1, -0.05) is 0 Å². The van der Waals surface area contributed by atoms with Crippen LogP contribution in [0.15, 0.2) is 12.3 Å². The molecule has 0 saturated heterocycles. The molecule has 9 nitrogen and oxygen atoms in total. The van der Waals surface area contributed by atoms with Gasteiger partial charge in [0.1, 0.15) is 5.69 Å². The molecule has 2 aromatic rings. The maximum atomic E-state index is 13.9. The molecule has 1 amide bonds. The third-order valence-corrected chi connectivity index (χ3v) is 6.81. The molecule has 3 fully saturated rings. The zero-order valence-corrected chi connectivity index (χ0v) is 17.4. The quantitative estimate of drug-likeness (QED) is 0.586. The van der Waals surface area contributed by atoms with Gasteiger partial charge >= 0.3 is 11.9 Å². The van der Waals surface area contributed by atoms with E-state index in [2.05, 4.69) is 15.4 Å². The number of carboxylic acids is 1. The van der Waals surface area contributed by atoms with E-state index in [1.807, 2.05) is 0 Å². The molecule has 0 radical (unpaired) electrons. The first-order chi connectivity index (χ1) is 13.8. The first kappa shape index (κ1) is 20.0. The minimum Gasteiger partial charge on any atom is -0.477 e. The van der Waals surface area contributed by atoms with E-state index < -0.39 is 28.8 Å². The van der Waals surface area contributed by atoms with Gasteiger partial charge in [0.25, 0.3) is 5.91 Å². The Labute approximate surface area is 178 Å². The Kier molecular flexibility index (Phi) is 4.95. The number of carbonyl (C=O) groups is 3. The highest BCUT2D eigenvalue weighted by atomic mass is 127. The highest BCUT2D eigenvalue weighted by Crippen LogP contribution is 2.57. The van der Waals surface area contributed by atoms with Crippen molar-refractivity contribution in [2.75, 3.05) is 6.54 Å². The van der Waals surface area contributed by atoms with E-state index in [0.29, 0.717) is 6.54 Å². The van der Waals surface area contributed by atoms with Gasteiger partial charge in [-0.15, -0.1) is 0 Å². The molecule has 11 heteroatoms. The van der Waals surface area contributed by atoms with Crippen LogP contribution in [-0.2, 0) is 7.86 Å². The van der Waals surface area contributed by atoms with Gasteiger partial charge in [-0.3, -0.25) is 9.59 Å². The monoisotopic (exact) mass is 516 g/mol. The lowest BCUT2D eigenvalue weighted by atomic mass is 9.53. The first-order valence-electron chi connectivity index (χ1n) is 9.18. The lowest BCUT2D eigenvalue weighted by Gasteiger charge is -2.51. The van der Waals surface area contributed by atoms with E-state index in [0.717, 1.165) is 55.3 Å².